The number of rotatable bonds is 14. The van der Waals surface area contributed by atoms with Crippen LogP contribution < -0.4 is 31.2 Å². The first-order valence-corrected chi connectivity index (χ1v) is 12.4. The summed E-state index contributed by atoms with van der Waals surface area (Å²) in [5.41, 5.74) is 11.3. The number of benzene rings is 2. The van der Waals surface area contributed by atoms with Gasteiger partial charge in [-0.05, 0) is 49.9 Å². The zero-order valence-electron chi connectivity index (χ0n) is 21.4. The van der Waals surface area contributed by atoms with Gasteiger partial charge in [0.15, 0.2) is 13.2 Å². The fraction of sp³-hybridized carbons (Fsp3) is 0.407. The topological polar surface area (TPSA) is 135 Å². The molecule has 10 heteroatoms. The van der Waals surface area contributed by atoms with Gasteiger partial charge in [0.05, 0.1) is 0 Å². The van der Waals surface area contributed by atoms with E-state index in [1.54, 1.807) is 12.1 Å². The zero-order valence-corrected chi connectivity index (χ0v) is 21.4. The van der Waals surface area contributed by atoms with Gasteiger partial charge in [0, 0.05) is 12.8 Å². The summed E-state index contributed by atoms with van der Waals surface area (Å²) in [7, 11) is 0. The lowest BCUT2D eigenvalue weighted by molar-refractivity contribution is -0.130. The summed E-state index contributed by atoms with van der Waals surface area (Å²) in [6.07, 6.45) is 4.44. The number of ether oxygens (including phenoxy) is 2. The molecular weight excluding hydrogens is 476 g/mol. The highest BCUT2D eigenvalue weighted by atomic mass is 16.5. The lowest BCUT2D eigenvalue weighted by atomic mass is 10.1. The molecule has 0 heterocycles. The maximum atomic E-state index is 11.9. The summed E-state index contributed by atoms with van der Waals surface area (Å²) >= 11 is 0. The molecular formula is C27H36N4O6. The third-order valence-corrected chi connectivity index (χ3v) is 5.40. The monoisotopic (exact) mass is 512 g/mol. The molecule has 2 aromatic carbocycles. The lowest BCUT2D eigenvalue weighted by Crippen LogP contribution is -2.43. The molecule has 0 unspecified atom stereocenters. The van der Waals surface area contributed by atoms with Gasteiger partial charge in [0.25, 0.3) is 11.8 Å². The van der Waals surface area contributed by atoms with Crippen LogP contribution in [0.2, 0.25) is 0 Å². The average Bonchev–Trinajstić information content (AvgIpc) is 2.89. The molecule has 0 aliphatic rings. The quantitative estimate of drug-likeness (QED) is 0.227. The van der Waals surface area contributed by atoms with Gasteiger partial charge in [0.2, 0.25) is 11.8 Å². The molecule has 4 amide bonds. The molecule has 10 nitrogen and oxygen atoms in total. The molecule has 2 aromatic rings. The number of carbonyl (C=O) groups excluding carboxylic acids is 4. The predicted octanol–water partition coefficient (Wildman–Crippen LogP) is 2.79. The van der Waals surface area contributed by atoms with Crippen molar-refractivity contribution in [2.75, 3.05) is 13.2 Å². The maximum Gasteiger partial charge on any atom is 0.276 e. The Morgan fingerprint density at radius 3 is 1.30 bits per heavy atom. The number of carbonyl (C=O) groups is 4. The smallest absolute Gasteiger partial charge is 0.276 e. The first-order chi connectivity index (χ1) is 17.8. The number of hydrogen-bond acceptors (Lipinski definition) is 6. The van der Waals surface area contributed by atoms with Crippen LogP contribution in [-0.2, 0) is 19.2 Å². The first kappa shape index (κ1) is 29.2. The van der Waals surface area contributed by atoms with Crippen molar-refractivity contribution >= 4 is 23.6 Å². The van der Waals surface area contributed by atoms with Crippen LogP contribution in [-0.4, -0.2) is 36.8 Å². The molecule has 0 bridgehead atoms. The van der Waals surface area contributed by atoms with E-state index in [1.807, 2.05) is 50.2 Å². The van der Waals surface area contributed by atoms with Gasteiger partial charge in [-0.2, -0.15) is 0 Å². The van der Waals surface area contributed by atoms with Crippen molar-refractivity contribution in [3.8, 4) is 11.5 Å². The third-order valence-electron chi connectivity index (χ3n) is 5.40. The van der Waals surface area contributed by atoms with Gasteiger partial charge in [-0.25, -0.2) is 0 Å². The van der Waals surface area contributed by atoms with Crippen molar-refractivity contribution in [1.82, 2.24) is 21.7 Å². The van der Waals surface area contributed by atoms with Crippen molar-refractivity contribution < 1.29 is 28.7 Å². The second-order valence-corrected chi connectivity index (χ2v) is 8.57. The van der Waals surface area contributed by atoms with E-state index >= 15 is 0 Å². The SMILES string of the molecule is Cc1ccccc1OCC(=O)NNC(=O)CCCCCCCC(=O)NNC(=O)COc1ccccc1C. The summed E-state index contributed by atoms with van der Waals surface area (Å²) in [6, 6.07) is 14.7. The van der Waals surface area contributed by atoms with E-state index in [0.717, 1.165) is 30.4 Å². The predicted molar refractivity (Wildman–Crippen MR) is 138 cm³/mol. The summed E-state index contributed by atoms with van der Waals surface area (Å²) < 4.78 is 10.8. The van der Waals surface area contributed by atoms with E-state index in [-0.39, 0.29) is 37.9 Å². The molecule has 4 N–H and O–H groups in total. The standard InChI is InChI=1S/C27H36N4O6/c1-20-12-8-10-14-22(20)36-18-26(34)30-28-24(32)16-6-4-3-5-7-17-25(33)29-31-27(35)19-37-23-15-11-9-13-21(23)2/h8-15H,3-7,16-19H2,1-2H3,(H,28,32)(H,29,33)(H,30,34)(H,31,35). The van der Waals surface area contributed by atoms with Crippen LogP contribution in [0.3, 0.4) is 0 Å². The van der Waals surface area contributed by atoms with Crippen molar-refractivity contribution in [3.63, 3.8) is 0 Å². The zero-order chi connectivity index (χ0) is 26.9. The van der Waals surface area contributed by atoms with Gasteiger partial charge in [-0.15, -0.1) is 0 Å². The van der Waals surface area contributed by atoms with Gasteiger partial charge < -0.3 is 9.47 Å². The largest absolute Gasteiger partial charge is 0.483 e. The Morgan fingerprint density at radius 1 is 0.541 bits per heavy atom. The van der Waals surface area contributed by atoms with E-state index in [4.69, 9.17) is 9.47 Å². The second kappa shape index (κ2) is 16.6. The number of aryl methyl sites for hydroxylation is 2. The fourth-order valence-corrected chi connectivity index (χ4v) is 3.30. The van der Waals surface area contributed by atoms with Gasteiger partial charge in [-0.3, -0.25) is 40.9 Å². The fourth-order valence-electron chi connectivity index (χ4n) is 3.30. The van der Waals surface area contributed by atoms with Gasteiger partial charge in [0.1, 0.15) is 11.5 Å². The molecule has 0 saturated heterocycles. The summed E-state index contributed by atoms with van der Waals surface area (Å²) in [4.78, 5) is 47.3. The van der Waals surface area contributed by atoms with Crippen LogP contribution in [0, 0.1) is 13.8 Å². The molecule has 0 aromatic heterocycles. The Morgan fingerprint density at radius 2 is 0.892 bits per heavy atom. The van der Waals surface area contributed by atoms with Gasteiger partial charge in [-0.1, -0.05) is 55.7 Å². The molecule has 0 aliphatic heterocycles. The second-order valence-electron chi connectivity index (χ2n) is 8.57. The molecule has 2 rings (SSSR count). The van der Waals surface area contributed by atoms with E-state index in [1.165, 1.54) is 0 Å². The summed E-state index contributed by atoms with van der Waals surface area (Å²) in [5.74, 6) is -0.185. The highest BCUT2D eigenvalue weighted by molar-refractivity contribution is 5.83. The number of hydrazine groups is 2. The van der Waals surface area contributed by atoms with Crippen LogP contribution in [0.25, 0.3) is 0 Å². The van der Waals surface area contributed by atoms with Crippen LogP contribution in [0.4, 0.5) is 0 Å². The number of nitrogens with one attached hydrogen (secondary N) is 4. The molecule has 0 aliphatic carbocycles. The Kier molecular flexibility index (Phi) is 13.1. The molecule has 200 valence electrons. The summed E-state index contributed by atoms with van der Waals surface area (Å²) in [5, 5.41) is 0. The minimum atomic E-state index is -0.440. The molecule has 0 radical (unpaired) electrons. The van der Waals surface area contributed by atoms with E-state index in [2.05, 4.69) is 21.7 Å². The number of amides is 4. The molecule has 0 fully saturated rings. The van der Waals surface area contributed by atoms with E-state index in [9.17, 15) is 19.2 Å². The molecule has 37 heavy (non-hydrogen) atoms. The normalized spacial score (nSPS) is 10.2. The minimum absolute atomic E-state index is 0.191. The van der Waals surface area contributed by atoms with Crippen molar-refractivity contribution in [1.29, 1.82) is 0 Å². The highest BCUT2D eigenvalue weighted by Gasteiger charge is 2.08. The van der Waals surface area contributed by atoms with E-state index in [0.29, 0.717) is 24.3 Å². The van der Waals surface area contributed by atoms with E-state index < -0.39 is 11.8 Å². The van der Waals surface area contributed by atoms with Crippen molar-refractivity contribution in [2.24, 2.45) is 0 Å². The third kappa shape index (κ3) is 12.4. The maximum absolute atomic E-state index is 11.9. The lowest BCUT2D eigenvalue weighted by Gasteiger charge is -2.10. The average molecular weight is 513 g/mol. The number of para-hydroxylation sites is 2. The molecule has 0 atom stereocenters. The van der Waals surface area contributed by atoms with Gasteiger partial charge >= 0.3 is 0 Å². The van der Waals surface area contributed by atoms with Crippen LogP contribution in [0.5, 0.6) is 11.5 Å². The number of unbranched alkanes of at least 4 members (excludes halogenated alkanes) is 4. The first-order valence-electron chi connectivity index (χ1n) is 12.4. The van der Waals surface area contributed by atoms with Crippen LogP contribution in [0.15, 0.2) is 48.5 Å². The van der Waals surface area contributed by atoms with Crippen molar-refractivity contribution in [3.05, 3.63) is 59.7 Å². The summed E-state index contributed by atoms with van der Waals surface area (Å²) in [6.45, 7) is 3.39. The molecule has 0 saturated carbocycles. The molecule has 0 spiro atoms. The Labute approximate surface area is 217 Å². The Balaban J connectivity index is 1.42. The highest BCUT2D eigenvalue weighted by Crippen LogP contribution is 2.16. The Hall–Kier alpha value is -4.08. The Bertz CT molecular complexity index is 962. The number of hydrogen-bond donors (Lipinski definition) is 4. The van der Waals surface area contributed by atoms with Crippen molar-refractivity contribution in [2.45, 2.75) is 58.8 Å². The van der Waals surface area contributed by atoms with Crippen LogP contribution >= 0.6 is 0 Å². The minimum Gasteiger partial charge on any atom is -0.483 e. The van der Waals surface area contributed by atoms with Crippen LogP contribution in [0.1, 0.15) is 56.1 Å².